The Hall–Kier alpha value is -1.82. The highest BCUT2D eigenvalue weighted by atomic mass is 16.6. The van der Waals surface area contributed by atoms with E-state index in [0.29, 0.717) is 17.5 Å². The summed E-state index contributed by atoms with van der Waals surface area (Å²) in [4.78, 5) is 12.8. The maximum absolute atomic E-state index is 11.1. The molecule has 0 radical (unpaired) electrons. The standard InChI is InChI=1S/C12H17N3O3/c1-13-9-5-6-14(8-9)11-4-3-10(18-2)7-12(11)15(16)17/h3-4,7,9,13H,5-6,8H2,1-2H3. The van der Waals surface area contributed by atoms with Gasteiger partial charge in [-0.1, -0.05) is 0 Å². The number of ether oxygens (including phenoxy) is 1. The van der Waals surface area contributed by atoms with Crippen LogP contribution < -0.4 is 15.0 Å². The molecule has 0 bridgehead atoms. The number of hydrogen-bond donors (Lipinski definition) is 1. The number of methoxy groups -OCH3 is 1. The molecule has 0 spiro atoms. The Balaban J connectivity index is 2.30. The second-order valence-corrected chi connectivity index (χ2v) is 4.33. The van der Waals surface area contributed by atoms with E-state index in [4.69, 9.17) is 4.74 Å². The Morgan fingerprint density at radius 2 is 2.33 bits per heavy atom. The minimum atomic E-state index is -0.357. The number of nitrogens with zero attached hydrogens (tertiary/aromatic N) is 2. The third-order valence-corrected chi connectivity index (χ3v) is 3.32. The van der Waals surface area contributed by atoms with E-state index >= 15 is 0 Å². The molecule has 1 N–H and O–H groups in total. The van der Waals surface area contributed by atoms with Crippen molar-refractivity contribution in [3.8, 4) is 5.75 Å². The van der Waals surface area contributed by atoms with Gasteiger partial charge in [0, 0.05) is 19.1 Å². The van der Waals surface area contributed by atoms with Gasteiger partial charge >= 0.3 is 0 Å². The molecular formula is C12H17N3O3. The van der Waals surface area contributed by atoms with E-state index in [1.807, 2.05) is 11.9 Å². The van der Waals surface area contributed by atoms with Crippen molar-refractivity contribution in [2.24, 2.45) is 0 Å². The SMILES string of the molecule is CNC1CCN(c2ccc(OC)cc2[N+](=O)[O-])C1. The largest absolute Gasteiger partial charge is 0.496 e. The van der Waals surface area contributed by atoms with Crippen LogP contribution in [0, 0.1) is 10.1 Å². The van der Waals surface area contributed by atoms with Gasteiger partial charge < -0.3 is 15.0 Å². The van der Waals surface area contributed by atoms with Crippen LogP contribution in [0.3, 0.4) is 0 Å². The minimum absolute atomic E-state index is 0.103. The van der Waals surface area contributed by atoms with E-state index in [1.165, 1.54) is 13.2 Å². The van der Waals surface area contributed by atoms with Crippen molar-refractivity contribution < 1.29 is 9.66 Å². The first-order chi connectivity index (χ1) is 8.65. The Labute approximate surface area is 106 Å². The van der Waals surface area contributed by atoms with Crippen molar-refractivity contribution in [2.75, 3.05) is 32.1 Å². The molecule has 0 aromatic heterocycles. The second kappa shape index (κ2) is 5.22. The highest BCUT2D eigenvalue weighted by Crippen LogP contribution is 2.33. The monoisotopic (exact) mass is 251 g/mol. The lowest BCUT2D eigenvalue weighted by Crippen LogP contribution is -2.29. The molecule has 1 heterocycles. The zero-order chi connectivity index (χ0) is 13.1. The van der Waals surface area contributed by atoms with Crippen LogP contribution in [0.2, 0.25) is 0 Å². The molecule has 98 valence electrons. The topological polar surface area (TPSA) is 67.6 Å². The number of nitrogens with one attached hydrogen (secondary N) is 1. The second-order valence-electron chi connectivity index (χ2n) is 4.33. The molecule has 18 heavy (non-hydrogen) atoms. The van der Waals surface area contributed by atoms with Crippen LogP contribution in [0.4, 0.5) is 11.4 Å². The highest BCUT2D eigenvalue weighted by molar-refractivity contribution is 5.66. The Morgan fingerprint density at radius 3 is 2.89 bits per heavy atom. The molecule has 6 nitrogen and oxygen atoms in total. The van der Waals surface area contributed by atoms with E-state index in [0.717, 1.165) is 19.5 Å². The minimum Gasteiger partial charge on any atom is -0.496 e. The zero-order valence-electron chi connectivity index (χ0n) is 10.5. The number of likely N-dealkylation sites (N-methyl/N-ethyl adjacent to an activating group) is 1. The van der Waals surface area contributed by atoms with Crippen molar-refractivity contribution >= 4 is 11.4 Å². The maximum atomic E-state index is 11.1. The highest BCUT2D eigenvalue weighted by Gasteiger charge is 2.27. The van der Waals surface area contributed by atoms with Gasteiger partial charge in [0.2, 0.25) is 0 Å². The lowest BCUT2D eigenvalue weighted by atomic mass is 10.2. The van der Waals surface area contributed by atoms with Gasteiger partial charge in [0.25, 0.3) is 5.69 Å². The van der Waals surface area contributed by atoms with Crippen LogP contribution in [-0.2, 0) is 0 Å². The average Bonchev–Trinajstić information content (AvgIpc) is 2.86. The van der Waals surface area contributed by atoms with Crippen molar-refractivity contribution in [3.05, 3.63) is 28.3 Å². The third-order valence-electron chi connectivity index (χ3n) is 3.32. The van der Waals surface area contributed by atoms with Crippen molar-refractivity contribution in [1.29, 1.82) is 0 Å². The summed E-state index contributed by atoms with van der Waals surface area (Å²) in [6.07, 6.45) is 1.000. The van der Waals surface area contributed by atoms with Crippen LogP contribution in [0.15, 0.2) is 18.2 Å². The molecule has 1 aliphatic heterocycles. The fraction of sp³-hybridized carbons (Fsp3) is 0.500. The summed E-state index contributed by atoms with van der Waals surface area (Å²) < 4.78 is 5.03. The van der Waals surface area contributed by atoms with Gasteiger partial charge in [-0.15, -0.1) is 0 Å². The number of nitro groups is 1. The van der Waals surface area contributed by atoms with E-state index in [-0.39, 0.29) is 10.6 Å². The van der Waals surface area contributed by atoms with Crippen molar-refractivity contribution in [2.45, 2.75) is 12.5 Å². The van der Waals surface area contributed by atoms with Gasteiger partial charge in [-0.3, -0.25) is 10.1 Å². The fourth-order valence-electron chi connectivity index (χ4n) is 2.26. The normalized spacial score (nSPS) is 19.0. The number of benzene rings is 1. The summed E-state index contributed by atoms with van der Waals surface area (Å²) in [7, 11) is 3.42. The van der Waals surface area contributed by atoms with Gasteiger partial charge in [-0.05, 0) is 25.6 Å². The predicted octanol–water partition coefficient (Wildman–Crippen LogP) is 1.40. The van der Waals surface area contributed by atoms with Gasteiger partial charge in [-0.25, -0.2) is 0 Å². The fourth-order valence-corrected chi connectivity index (χ4v) is 2.26. The molecule has 1 aromatic rings. The van der Waals surface area contributed by atoms with Gasteiger partial charge in [0.15, 0.2) is 0 Å². The first-order valence-electron chi connectivity index (χ1n) is 5.90. The first-order valence-corrected chi connectivity index (χ1v) is 5.90. The summed E-state index contributed by atoms with van der Waals surface area (Å²) in [5, 5.41) is 14.3. The Kier molecular flexibility index (Phi) is 3.66. The zero-order valence-corrected chi connectivity index (χ0v) is 10.5. The van der Waals surface area contributed by atoms with Crippen LogP contribution in [0.25, 0.3) is 0 Å². The number of anilines is 1. The molecule has 0 aliphatic carbocycles. The molecule has 0 saturated carbocycles. The molecule has 1 atom stereocenters. The van der Waals surface area contributed by atoms with E-state index in [2.05, 4.69) is 5.32 Å². The smallest absolute Gasteiger partial charge is 0.296 e. The predicted molar refractivity (Wildman–Crippen MR) is 69.3 cm³/mol. The summed E-state index contributed by atoms with van der Waals surface area (Å²) in [5.41, 5.74) is 0.768. The van der Waals surface area contributed by atoms with Crippen LogP contribution in [0.1, 0.15) is 6.42 Å². The van der Waals surface area contributed by atoms with Gasteiger partial charge in [0.05, 0.1) is 18.1 Å². The molecule has 0 amide bonds. The Bertz CT molecular complexity index is 450. The molecule has 1 saturated heterocycles. The van der Waals surface area contributed by atoms with E-state index in [9.17, 15) is 10.1 Å². The molecule has 1 aromatic carbocycles. The molecule has 6 heteroatoms. The van der Waals surface area contributed by atoms with E-state index < -0.39 is 0 Å². The number of hydrogen-bond acceptors (Lipinski definition) is 5. The summed E-state index contributed by atoms with van der Waals surface area (Å²) in [5.74, 6) is 0.509. The first kappa shape index (κ1) is 12.6. The van der Waals surface area contributed by atoms with Gasteiger partial charge in [-0.2, -0.15) is 0 Å². The number of rotatable bonds is 4. The van der Waals surface area contributed by atoms with Crippen LogP contribution in [-0.4, -0.2) is 38.2 Å². The van der Waals surface area contributed by atoms with Gasteiger partial charge in [0.1, 0.15) is 11.4 Å². The maximum Gasteiger partial charge on any atom is 0.296 e. The lowest BCUT2D eigenvalue weighted by molar-refractivity contribution is -0.384. The van der Waals surface area contributed by atoms with E-state index in [1.54, 1.807) is 12.1 Å². The van der Waals surface area contributed by atoms with Crippen LogP contribution in [0.5, 0.6) is 5.75 Å². The molecule has 1 unspecified atom stereocenters. The number of nitro benzene ring substituents is 1. The summed E-state index contributed by atoms with van der Waals surface area (Å²) >= 11 is 0. The average molecular weight is 251 g/mol. The lowest BCUT2D eigenvalue weighted by Gasteiger charge is -2.18. The molecular weight excluding hydrogens is 234 g/mol. The molecule has 1 aliphatic rings. The van der Waals surface area contributed by atoms with Crippen molar-refractivity contribution in [3.63, 3.8) is 0 Å². The molecule has 1 fully saturated rings. The summed E-state index contributed by atoms with van der Waals surface area (Å²) in [6.45, 7) is 1.63. The third kappa shape index (κ3) is 2.38. The quantitative estimate of drug-likeness (QED) is 0.647. The van der Waals surface area contributed by atoms with Crippen LogP contribution >= 0.6 is 0 Å². The Morgan fingerprint density at radius 1 is 1.56 bits per heavy atom. The molecule has 2 rings (SSSR count). The van der Waals surface area contributed by atoms with Crippen molar-refractivity contribution in [1.82, 2.24) is 5.32 Å². The summed E-state index contributed by atoms with van der Waals surface area (Å²) in [6, 6.07) is 5.39.